The Hall–Kier alpha value is -2.85. The van der Waals surface area contributed by atoms with Crippen LogP contribution in [0.4, 0.5) is 0 Å². The minimum Gasteiger partial charge on any atom is -0.489 e. The summed E-state index contributed by atoms with van der Waals surface area (Å²) in [5.74, 6) is 2.59. The number of aromatic amines is 1. The summed E-state index contributed by atoms with van der Waals surface area (Å²) in [4.78, 5) is 10.9. The number of aromatic nitrogens is 2. The maximum Gasteiger partial charge on any atom is 0.119 e. The van der Waals surface area contributed by atoms with Gasteiger partial charge in [0.15, 0.2) is 0 Å². The Morgan fingerprint density at radius 3 is 2.65 bits per heavy atom. The fraction of sp³-hybridized carbons (Fsp3) is 0.370. The van der Waals surface area contributed by atoms with Crippen molar-refractivity contribution in [3.05, 3.63) is 84.2 Å². The molecule has 1 aliphatic heterocycles. The maximum absolute atomic E-state index is 5.93. The summed E-state index contributed by atoms with van der Waals surface area (Å²) in [6, 6.07) is 16.8. The molecule has 2 aromatic carbocycles. The van der Waals surface area contributed by atoms with Gasteiger partial charge in [-0.2, -0.15) is 0 Å². The number of likely N-dealkylation sites (tertiary alicyclic amines) is 1. The molecule has 0 spiro atoms. The van der Waals surface area contributed by atoms with Crippen molar-refractivity contribution in [1.82, 2.24) is 14.9 Å². The molecular formula is C27H33N3O. The number of para-hydroxylation sites is 2. The second-order valence-corrected chi connectivity index (χ2v) is 8.39. The number of nitrogens with zero attached hydrogens (tertiary/aromatic N) is 2. The first kappa shape index (κ1) is 21.4. The van der Waals surface area contributed by atoms with Gasteiger partial charge >= 0.3 is 0 Å². The van der Waals surface area contributed by atoms with Crippen LogP contribution in [0.15, 0.2) is 72.8 Å². The molecule has 4 heteroatoms. The molecule has 162 valence electrons. The summed E-state index contributed by atoms with van der Waals surface area (Å²) in [7, 11) is 0. The molecule has 1 saturated heterocycles. The summed E-state index contributed by atoms with van der Waals surface area (Å²) in [5.41, 5.74) is 4.70. The first-order valence-electron chi connectivity index (χ1n) is 11.5. The predicted molar refractivity (Wildman–Crippen MR) is 128 cm³/mol. The van der Waals surface area contributed by atoms with Crippen molar-refractivity contribution in [3.63, 3.8) is 0 Å². The van der Waals surface area contributed by atoms with Crippen LogP contribution in [0.2, 0.25) is 0 Å². The lowest BCUT2D eigenvalue weighted by Gasteiger charge is -2.31. The van der Waals surface area contributed by atoms with Crippen molar-refractivity contribution < 1.29 is 4.74 Å². The topological polar surface area (TPSA) is 41.1 Å². The molecule has 0 unspecified atom stereocenters. The van der Waals surface area contributed by atoms with Crippen LogP contribution in [0.1, 0.15) is 49.9 Å². The average Bonchev–Trinajstić information content (AvgIpc) is 3.25. The summed E-state index contributed by atoms with van der Waals surface area (Å²) >= 11 is 0. The van der Waals surface area contributed by atoms with Crippen molar-refractivity contribution in [3.8, 4) is 5.75 Å². The van der Waals surface area contributed by atoms with Crippen LogP contribution in [-0.4, -0.2) is 34.6 Å². The zero-order valence-corrected chi connectivity index (χ0v) is 18.5. The van der Waals surface area contributed by atoms with E-state index in [1.165, 1.54) is 5.56 Å². The Balaban J connectivity index is 1.26. The van der Waals surface area contributed by atoms with Crippen molar-refractivity contribution in [2.75, 3.05) is 19.7 Å². The molecule has 0 atom stereocenters. The summed E-state index contributed by atoms with van der Waals surface area (Å²) in [5, 5.41) is 0. The zero-order chi connectivity index (χ0) is 21.5. The van der Waals surface area contributed by atoms with Gasteiger partial charge in [0, 0.05) is 12.5 Å². The Morgan fingerprint density at radius 1 is 1.16 bits per heavy atom. The molecule has 0 bridgehead atoms. The molecule has 0 radical (unpaired) electrons. The van der Waals surface area contributed by atoms with Crippen LogP contribution >= 0.6 is 0 Å². The molecule has 1 fully saturated rings. The standard InChI is InChI=1S/C27H33N3O/c1-3-5-8-21(4-2)20-31-24-13-11-22(12-14-24)19-30-17-15-23(16-18-30)27-28-25-9-6-7-10-26(25)29-27/h4,6-14,23H,2-3,5,15-20H2,1H3,(H,28,29)/b21-8+. The van der Waals surface area contributed by atoms with E-state index in [4.69, 9.17) is 9.72 Å². The quantitative estimate of drug-likeness (QED) is 0.421. The highest BCUT2D eigenvalue weighted by Crippen LogP contribution is 2.28. The van der Waals surface area contributed by atoms with Crippen LogP contribution in [0.25, 0.3) is 11.0 Å². The maximum atomic E-state index is 5.93. The number of imidazole rings is 1. The van der Waals surface area contributed by atoms with E-state index < -0.39 is 0 Å². The van der Waals surface area contributed by atoms with Gasteiger partial charge in [0.2, 0.25) is 0 Å². The number of benzene rings is 2. The Morgan fingerprint density at radius 2 is 1.94 bits per heavy atom. The molecule has 31 heavy (non-hydrogen) atoms. The molecule has 4 rings (SSSR count). The van der Waals surface area contributed by atoms with Crippen LogP contribution in [0.5, 0.6) is 5.75 Å². The number of fused-ring (bicyclic) bond motifs is 1. The van der Waals surface area contributed by atoms with Crippen LogP contribution < -0.4 is 4.74 Å². The van der Waals surface area contributed by atoms with Crippen molar-refractivity contribution in [2.45, 2.75) is 45.1 Å². The molecule has 3 aromatic rings. The molecule has 0 aliphatic carbocycles. The monoisotopic (exact) mass is 415 g/mol. The van der Waals surface area contributed by atoms with E-state index in [1.54, 1.807) is 0 Å². The smallest absolute Gasteiger partial charge is 0.119 e. The molecule has 2 heterocycles. The molecule has 1 aliphatic rings. The fourth-order valence-corrected chi connectivity index (χ4v) is 4.18. The van der Waals surface area contributed by atoms with Crippen LogP contribution in [0, 0.1) is 0 Å². The van der Waals surface area contributed by atoms with Gasteiger partial charge in [-0.15, -0.1) is 0 Å². The van der Waals surface area contributed by atoms with E-state index in [0.717, 1.165) is 73.5 Å². The number of allylic oxidation sites excluding steroid dienone is 1. The lowest BCUT2D eigenvalue weighted by Crippen LogP contribution is -2.32. The highest BCUT2D eigenvalue weighted by Gasteiger charge is 2.23. The lowest BCUT2D eigenvalue weighted by atomic mass is 9.96. The van der Waals surface area contributed by atoms with Crippen molar-refractivity contribution in [2.24, 2.45) is 0 Å². The van der Waals surface area contributed by atoms with Crippen molar-refractivity contribution in [1.29, 1.82) is 0 Å². The Labute approximate surface area is 185 Å². The minimum atomic E-state index is 0.527. The summed E-state index contributed by atoms with van der Waals surface area (Å²) < 4.78 is 5.93. The number of hydrogen-bond acceptors (Lipinski definition) is 3. The van der Waals surface area contributed by atoms with Gasteiger partial charge in [0.25, 0.3) is 0 Å². The number of piperidine rings is 1. The van der Waals surface area contributed by atoms with Gasteiger partial charge in [-0.05, 0) is 67.8 Å². The number of rotatable bonds is 9. The summed E-state index contributed by atoms with van der Waals surface area (Å²) in [6.07, 6.45) is 8.60. The van der Waals surface area contributed by atoms with E-state index in [9.17, 15) is 0 Å². The summed E-state index contributed by atoms with van der Waals surface area (Å²) in [6.45, 7) is 9.83. The van der Waals surface area contributed by atoms with Gasteiger partial charge in [0.05, 0.1) is 11.0 Å². The lowest BCUT2D eigenvalue weighted by molar-refractivity contribution is 0.202. The molecule has 4 nitrogen and oxygen atoms in total. The zero-order valence-electron chi connectivity index (χ0n) is 18.5. The number of unbranched alkanes of at least 4 members (excludes halogenated alkanes) is 1. The SMILES string of the molecule is C=C/C(=C\CCC)COc1ccc(CN2CCC(c3nc4ccccc4[nH]3)CC2)cc1. The second kappa shape index (κ2) is 10.5. The molecule has 1 aromatic heterocycles. The molecule has 1 N–H and O–H groups in total. The van der Waals surface area contributed by atoms with Gasteiger partial charge in [0.1, 0.15) is 18.2 Å². The van der Waals surface area contributed by atoms with E-state index in [-0.39, 0.29) is 0 Å². The normalized spacial score (nSPS) is 16.0. The third-order valence-electron chi connectivity index (χ3n) is 6.07. The Kier molecular flexibility index (Phi) is 7.21. The number of hydrogen-bond donors (Lipinski definition) is 1. The third-order valence-corrected chi connectivity index (χ3v) is 6.07. The van der Waals surface area contributed by atoms with Crippen molar-refractivity contribution >= 4 is 11.0 Å². The van der Waals surface area contributed by atoms with E-state index in [1.807, 2.05) is 12.1 Å². The van der Waals surface area contributed by atoms with Crippen LogP contribution in [-0.2, 0) is 6.54 Å². The largest absolute Gasteiger partial charge is 0.489 e. The molecule has 0 saturated carbocycles. The Bertz CT molecular complexity index is 977. The first-order valence-corrected chi connectivity index (χ1v) is 11.5. The van der Waals surface area contributed by atoms with Gasteiger partial charge < -0.3 is 9.72 Å². The number of nitrogens with one attached hydrogen (secondary N) is 1. The van der Waals surface area contributed by atoms with Gasteiger partial charge in [-0.25, -0.2) is 4.98 Å². The van der Waals surface area contributed by atoms with Crippen LogP contribution in [0.3, 0.4) is 0 Å². The highest BCUT2D eigenvalue weighted by atomic mass is 16.5. The highest BCUT2D eigenvalue weighted by molar-refractivity contribution is 5.74. The average molecular weight is 416 g/mol. The molecular weight excluding hydrogens is 382 g/mol. The number of ether oxygens (including phenoxy) is 1. The third kappa shape index (κ3) is 5.65. The minimum absolute atomic E-state index is 0.527. The van der Waals surface area contributed by atoms with E-state index in [2.05, 4.69) is 71.9 Å². The predicted octanol–water partition coefficient (Wildman–Crippen LogP) is 6.23. The van der Waals surface area contributed by atoms with Gasteiger partial charge in [-0.3, -0.25) is 4.90 Å². The first-order chi connectivity index (χ1) is 15.2. The second-order valence-electron chi connectivity index (χ2n) is 8.39. The fourth-order valence-electron chi connectivity index (χ4n) is 4.18. The van der Waals surface area contributed by atoms with E-state index >= 15 is 0 Å². The van der Waals surface area contributed by atoms with E-state index in [0.29, 0.717) is 12.5 Å². The number of H-pyrrole nitrogens is 1. The van der Waals surface area contributed by atoms with Gasteiger partial charge in [-0.1, -0.05) is 56.3 Å². The molecule has 0 amide bonds.